The van der Waals surface area contributed by atoms with E-state index in [1.54, 1.807) is 30.3 Å². The summed E-state index contributed by atoms with van der Waals surface area (Å²) in [6.07, 6.45) is 0.0309. The summed E-state index contributed by atoms with van der Waals surface area (Å²) in [6, 6.07) is 8.43. The van der Waals surface area contributed by atoms with Gasteiger partial charge in [-0.05, 0) is 35.9 Å². The van der Waals surface area contributed by atoms with Gasteiger partial charge in [-0.2, -0.15) is 0 Å². The third-order valence-corrected chi connectivity index (χ3v) is 3.98. The van der Waals surface area contributed by atoms with E-state index in [4.69, 9.17) is 30.5 Å². The number of methoxy groups -OCH3 is 3. The highest BCUT2D eigenvalue weighted by molar-refractivity contribution is 9.10. The third-order valence-electron chi connectivity index (χ3n) is 3.19. The smallest absolute Gasteiger partial charge is 0.315 e. The molecule has 24 heavy (non-hydrogen) atoms. The van der Waals surface area contributed by atoms with Gasteiger partial charge in [0.2, 0.25) is 5.75 Å². The average Bonchev–Trinajstić information content (AvgIpc) is 2.56. The van der Waals surface area contributed by atoms with Crippen molar-refractivity contribution in [3.8, 4) is 23.0 Å². The van der Waals surface area contributed by atoms with Crippen molar-refractivity contribution in [2.24, 2.45) is 0 Å². The number of benzene rings is 2. The fraction of sp³-hybridized carbons (Fsp3) is 0.235. The molecule has 0 aliphatic heterocycles. The molecule has 0 aliphatic rings. The highest BCUT2D eigenvalue weighted by Gasteiger charge is 2.16. The molecule has 0 N–H and O–H groups in total. The molecule has 0 fully saturated rings. The van der Waals surface area contributed by atoms with Crippen molar-refractivity contribution < 1.29 is 23.7 Å². The Morgan fingerprint density at radius 1 is 1.00 bits per heavy atom. The lowest BCUT2D eigenvalue weighted by Crippen LogP contribution is -2.12. The predicted octanol–water partition coefficient (Wildman–Crippen LogP) is 4.28. The lowest BCUT2D eigenvalue weighted by Gasteiger charge is -2.14. The fourth-order valence-corrected chi connectivity index (χ4v) is 2.83. The van der Waals surface area contributed by atoms with E-state index >= 15 is 0 Å². The molecule has 0 heterocycles. The number of halogens is 2. The molecule has 0 radical (unpaired) electrons. The molecule has 5 nitrogen and oxygen atoms in total. The second kappa shape index (κ2) is 8.26. The van der Waals surface area contributed by atoms with E-state index in [0.717, 1.165) is 4.47 Å². The molecule has 2 aromatic carbocycles. The van der Waals surface area contributed by atoms with Gasteiger partial charge in [0.15, 0.2) is 11.5 Å². The summed E-state index contributed by atoms with van der Waals surface area (Å²) in [5.74, 6) is 1.27. The standard InChI is InChI=1S/C17H16BrClO5/c1-21-14-6-10(7-15(22-2)17(14)23-3)8-16(20)24-13-5-4-11(18)9-12(13)19/h4-7,9H,8H2,1-3H3. The van der Waals surface area contributed by atoms with Gasteiger partial charge in [-0.1, -0.05) is 27.5 Å². The Kier molecular flexibility index (Phi) is 6.34. The first kappa shape index (κ1) is 18.4. The highest BCUT2D eigenvalue weighted by atomic mass is 79.9. The molecule has 128 valence electrons. The Morgan fingerprint density at radius 2 is 1.62 bits per heavy atom. The van der Waals surface area contributed by atoms with E-state index in [1.165, 1.54) is 21.3 Å². The van der Waals surface area contributed by atoms with Gasteiger partial charge in [0, 0.05) is 4.47 Å². The summed E-state index contributed by atoms with van der Waals surface area (Å²) in [4.78, 5) is 12.2. The van der Waals surface area contributed by atoms with Crippen LogP contribution in [-0.4, -0.2) is 27.3 Å². The topological polar surface area (TPSA) is 54.0 Å². The zero-order valence-corrected chi connectivity index (χ0v) is 15.7. The third kappa shape index (κ3) is 4.33. The van der Waals surface area contributed by atoms with Crippen LogP contribution in [0.15, 0.2) is 34.8 Å². The molecule has 0 atom stereocenters. The summed E-state index contributed by atoms with van der Waals surface area (Å²) >= 11 is 9.34. The van der Waals surface area contributed by atoms with Crippen LogP contribution in [-0.2, 0) is 11.2 Å². The van der Waals surface area contributed by atoms with Crippen molar-refractivity contribution >= 4 is 33.5 Å². The van der Waals surface area contributed by atoms with Crippen molar-refractivity contribution in [3.05, 3.63) is 45.4 Å². The number of ether oxygens (including phenoxy) is 4. The molecular formula is C17H16BrClO5. The number of hydrogen-bond acceptors (Lipinski definition) is 5. The molecule has 0 aromatic heterocycles. The first-order valence-corrected chi connectivity index (χ1v) is 8.10. The van der Waals surface area contributed by atoms with E-state index in [0.29, 0.717) is 33.6 Å². The van der Waals surface area contributed by atoms with Crippen molar-refractivity contribution in [1.82, 2.24) is 0 Å². The van der Waals surface area contributed by atoms with Gasteiger partial charge < -0.3 is 18.9 Å². The first-order chi connectivity index (χ1) is 11.5. The van der Waals surface area contributed by atoms with Crippen LogP contribution in [0.2, 0.25) is 5.02 Å². The van der Waals surface area contributed by atoms with Crippen molar-refractivity contribution in [2.75, 3.05) is 21.3 Å². The summed E-state index contributed by atoms with van der Waals surface area (Å²) in [6.45, 7) is 0. The first-order valence-electron chi connectivity index (χ1n) is 6.93. The lowest BCUT2D eigenvalue weighted by molar-refractivity contribution is -0.133. The molecule has 7 heteroatoms. The van der Waals surface area contributed by atoms with Gasteiger partial charge >= 0.3 is 5.97 Å². The molecule has 0 saturated carbocycles. The molecule has 2 aromatic rings. The Labute approximate surface area is 153 Å². The number of carbonyl (C=O) groups is 1. The summed E-state index contributed by atoms with van der Waals surface area (Å²) in [5, 5.41) is 0.350. The summed E-state index contributed by atoms with van der Waals surface area (Å²) < 4.78 is 21.9. The van der Waals surface area contributed by atoms with Crippen LogP contribution in [0.3, 0.4) is 0 Å². The maximum Gasteiger partial charge on any atom is 0.315 e. The van der Waals surface area contributed by atoms with Crippen molar-refractivity contribution in [3.63, 3.8) is 0 Å². The quantitative estimate of drug-likeness (QED) is 0.521. The maximum atomic E-state index is 12.2. The summed E-state index contributed by atoms with van der Waals surface area (Å²) in [7, 11) is 4.55. The minimum atomic E-state index is -0.450. The Morgan fingerprint density at radius 3 is 2.12 bits per heavy atom. The molecule has 0 bridgehead atoms. The van der Waals surface area contributed by atoms with Crippen LogP contribution in [0.5, 0.6) is 23.0 Å². The van der Waals surface area contributed by atoms with Gasteiger partial charge in [0.1, 0.15) is 5.75 Å². The molecule has 2 rings (SSSR count). The number of carbonyl (C=O) groups excluding carboxylic acids is 1. The normalized spacial score (nSPS) is 10.2. The van der Waals surface area contributed by atoms with Crippen LogP contribution >= 0.6 is 27.5 Å². The molecule has 0 aliphatic carbocycles. The van der Waals surface area contributed by atoms with Crippen LogP contribution in [0, 0.1) is 0 Å². The van der Waals surface area contributed by atoms with Gasteiger partial charge in [-0.15, -0.1) is 0 Å². The van der Waals surface area contributed by atoms with E-state index in [2.05, 4.69) is 15.9 Å². The molecular weight excluding hydrogens is 400 g/mol. The lowest BCUT2D eigenvalue weighted by atomic mass is 10.1. The second-order valence-electron chi connectivity index (χ2n) is 4.76. The molecule has 0 spiro atoms. The highest BCUT2D eigenvalue weighted by Crippen LogP contribution is 2.38. The average molecular weight is 416 g/mol. The minimum Gasteiger partial charge on any atom is -0.493 e. The molecule has 0 amide bonds. The fourth-order valence-electron chi connectivity index (χ4n) is 2.12. The molecule has 0 unspecified atom stereocenters. The van der Waals surface area contributed by atoms with E-state index < -0.39 is 5.97 Å². The number of esters is 1. The van der Waals surface area contributed by atoms with Gasteiger partial charge in [0.25, 0.3) is 0 Å². The van der Waals surface area contributed by atoms with Gasteiger partial charge in [-0.25, -0.2) is 0 Å². The Hall–Kier alpha value is -1.92. The minimum absolute atomic E-state index is 0.0309. The largest absolute Gasteiger partial charge is 0.493 e. The Balaban J connectivity index is 2.19. The SMILES string of the molecule is COc1cc(CC(=O)Oc2ccc(Br)cc2Cl)cc(OC)c1OC. The second-order valence-corrected chi connectivity index (χ2v) is 6.08. The van der Waals surface area contributed by atoms with Gasteiger partial charge in [-0.3, -0.25) is 4.79 Å². The predicted molar refractivity (Wildman–Crippen MR) is 94.6 cm³/mol. The van der Waals surface area contributed by atoms with E-state index in [1.807, 2.05) is 0 Å². The van der Waals surface area contributed by atoms with E-state index in [9.17, 15) is 4.79 Å². The maximum absolute atomic E-state index is 12.2. The zero-order valence-electron chi connectivity index (χ0n) is 13.4. The Bertz CT molecular complexity index is 723. The zero-order chi connectivity index (χ0) is 17.7. The van der Waals surface area contributed by atoms with E-state index in [-0.39, 0.29) is 6.42 Å². The molecule has 0 saturated heterocycles. The van der Waals surface area contributed by atoms with Crippen LogP contribution in [0.1, 0.15) is 5.56 Å². The van der Waals surface area contributed by atoms with Crippen LogP contribution in [0.25, 0.3) is 0 Å². The van der Waals surface area contributed by atoms with Crippen molar-refractivity contribution in [1.29, 1.82) is 0 Å². The number of hydrogen-bond donors (Lipinski definition) is 0. The van der Waals surface area contributed by atoms with Crippen LogP contribution < -0.4 is 18.9 Å². The summed E-state index contributed by atoms with van der Waals surface area (Å²) in [5.41, 5.74) is 0.669. The van der Waals surface area contributed by atoms with Crippen molar-refractivity contribution in [2.45, 2.75) is 6.42 Å². The van der Waals surface area contributed by atoms with Crippen LogP contribution in [0.4, 0.5) is 0 Å². The number of rotatable bonds is 6. The van der Waals surface area contributed by atoms with Gasteiger partial charge in [0.05, 0.1) is 32.8 Å². The monoisotopic (exact) mass is 414 g/mol.